The predicted molar refractivity (Wildman–Crippen MR) is 142 cm³/mol. The lowest BCUT2D eigenvalue weighted by atomic mass is 9.87. The predicted octanol–water partition coefficient (Wildman–Crippen LogP) is 4.43. The van der Waals surface area contributed by atoms with Crippen molar-refractivity contribution in [2.24, 2.45) is 0 Å². The molecule has 0 saturated carbocycles. The van der Waals surface area contributed by atoms with Crippen molar-refractivity contribution in [1.82, 2.24) is 8.75 Å². The van der Waals surface area contributed by atoms with Gasteiger partial charge in [0.15, 0.2) is 11.5 Å². The lowest BCUT2D eigenvalue weighted by Crippen LogP contribution is -2.30. The Hall–Kier alpha value is -4.15. The summed E-state index contributed by atoms with van der Waals surface area (Å²) < 4.78 is 36.1. The smallest absolute Gasteiger partial charge is 0.342 e. The van der Waals surface area contributed by atoms with Crippen molar-refractivity contribution in [2.75, 3.05) is 28.4 Å². The molecular formula is C28H26N2O7S. The number of fused-ring (bicyclic) bond motifs is 1. The maximum Gasteiger partial charge on any atom is 0.342 e. The number of carbonyl (C=O) groups excluding carboxylic acids is 1. The summed E-state index contributed by atoms with van der Waals surface area (Å²) in [6.07, 6.45) is 0.215. The summed E-state index contributed by atoms with van der Waals surface area (Å²) in [5, 5.41) is 12.1. The van der Waals surface area contributed by atoms with Gasteiger partial charge < -0.3 is 28.8 Å². The molecule has 0 aliphatic carbocycles. The molecule has 1 aromatic heterocycles. The average Bonchev–Trinajstić information content (AvgIpc) is 3.49. The summed E-state index contributed by atoms with van der Waals surface area (Å²) >= 11 is 1.09. The van der Waals surface area contributed by atoms with E-state index in [9.17, 15) is 9.90 Å². The monoisotopic (exact) mass is 534 g/mol. The number of rotatable bonds is 8. The third kappa shape index (κ3) is 4.21. The van der Waals surface area contributed by atoms with Gasteiger partial charge in [-0.25, -0.2) is 4.79 Å². The van der Waals surface area contributed by atoms with Gasteiger partial charge in [0.05, 0.1) is 45.7 Å². The minimum atomic E-state index is -2.11. The Labute approximate surface area is 223 Å². The Morgan fingerprint density at radius 2 is 1.55 bits per heavy atom. The Morgan fingerprint density at radius 3 is 2.18 bits per heavy atom. The fourth-order valence-electron chi connectivity index (χ4n) is 4.74. The van der Waals surface area contributed by atoms with Crippen LogP contribution in [0.3, 0.4) is 0 Å². The molecule has 0 fully saturated rings. The van der Waals surface area contributed by atoms with Gasteiger partial charge >= 0.3 is 5.97 Å². The Bertz CT molecular complexity index is 1550. The highest BCUT2D eigenvalue weighted by molar-refractivity contribution is 7.00. The van der Waals surface area contributed by atoms with E-state index in [0.717, 1.165) is 34.1 Å². The first-order valence-corrected chi connectivity index (χ1v) is 12.4. The molecule has 3 aromatic carbocycles. The molecule has 0 saturated heterocycles. The summed E-state index contributed by atoms with van der Waals surface area (Å²) in [5.41, 5.74) is 4.59. The summed E-state index contributed by atoms with van der Waals surface area (Å²) in [5.74, 6) is -1.05. The number of ether oxygens (including phenoxy) is 5. The second-order valence-corrected chi connectivity index (χ2v) is 9.28. The Morgan fingerprint density at radius 1 is 0.868 bits per heavy atom. The highest BCUT2D eigenvalue weighted by Gasteiger charge is 2.49. The van der Waals surface area contributed by atoms with Crippen LogP contribution in [0.15, 0.2) is 54.1 Å². The van der Waals surface area contributed by atoms with Crippen LogP contribution in [-0.2, 0) is 21.7 Å². The number of carbonyl (C=O) groups is 1. The molecule has 38 heavy (non-hydrogen) atoms. The molecule has 4 aromatic rings. The normalized spacial score (nSPS) is 17.1. The number of methoxy groups -OCH3 is 4. The number of aliphatic hydroxyl groups is 1. The minimum Gasteiger partial charge on any atom is -0.496 e. The fraction of sp³-hybridized carbons (Fsp3) is 0.250. The van der Waals surface area contributed by atoms with Crippen molar-refractivity contribution in [2.45, 2.75) is 19.1 Å². The van der Waals surface area contributed by atoms with Crippen LogP contribution >= 0.6 is 11.7 Å². The SMILES string of the molecule is COc1ccc(CC2=C(c3ccc4nsnc4c3)C(=O)OC2(O)c2cc(OC)c(OC)c(OC)c2)cc1C. The Kier molecular flexibility index (Phi) is 6.68. The molecule has 1 aliphatic heterocycles. The molecule has 0 spiro atoms. The first kappa shape index (κ1) is 25.5. The van der Waals surface area contributed by atoms with Crippen molar-refractivity contribution in [3.8, 4) is 23.0 Å². The molecule has 10 heteroatoms. The first-order valence-electron chi connectivity index (χ1n) is 11.7. The van der Waals surface area contributed by atoms with Crippen LogP contribution in [0.4, 0.5) is 0 Å². The van der Waals surface area contributed by atoms with E-state index < -0.39 is 11.8 Å². The summed E-state index contributed by atoms with van der Waals surface area (Å²) in [6, 6.07) is 14.2. The number of aryl methyl sites for hydroxylation is 1. The minimum absolute atomic E-state index is 0.215. The lowest BCUT2D eigenvalue weighted by Gasteiger charge is -2.27. The van der Waals surface area contributed by atoms with Gasteiger partial charge in [-0.15, -0.1) is 0 Å². The number of benzene rings is 3. The highest BCUT2D eigenvalue weighted by atomic mass is 32.1. The van der Waals surface area contributed by atoms with Crippen molar-refractivity contribution < 1.29 is 33.6 Å². The molecule has 9 nitrogen and oxygen atoms in total. The standard InChI is InChI=1S/C28H26N2O7S/c1-15-10-16(6-9-22(15)33-2)11-19-25(17-7-8-20-21(12-17)30-38-29-20)27(31)37-28(19,32)18-13-23(34-3)26(36-5)24(14-18)35-4/h6-10,12-14,32H,11H2,1-5H3. The number of hydrogen-bond donors (Lipinski definition) is 1. The van der Waals surface area contributed by atoms with E-state index in [2.05, 4.69) is 8.75 Å². The van der Waals surface area contributed by atoms with Crippen molar-refractivity contribution in [3.05, 3.63) is 76.4 Å². The quantitative estimate of drug-likeness (QED) is 0.328. The summed E-state index contributed by atoms with van der Waals surface area (Å²) in [4.78, 5) is 13.5. The van der Waals surface area contributed by atoms with Crippen molar-refractivity contribution in [1.29, 1.82) is 0 Å². The van der Waals surface area contributed by atoms with Gasteiger partial charge in [0, 0.05) is 17.6 Å². The largest absolute Gasteiger partial charge is 0.496 e. The van der Waals surface area contributed by atoms with E-state index in [1.54, 1.807) is 37.4 Å². The van der Waals surface area contributed by atoms with Gasteiger partial charge in [-0.2, -0.15) is 8.75 Å². The number of esters is 1. The molecule has 1 atom stereocenters. The second kappa shape index (κ2) is 9.96. The fourth-order valence-corrected chi connectivity index (χ4v) is 5.26. The van der Waals surface area contributed by atoms with Crippen LogP contribution in [0.5, 0.6) is 23.0 Å². The molecule has 0 radical (unpaired) electrons. The second-order valence-electron chi connectivity index (χ2n) is 8.75. The zero-order valence-electron chi connectivity index (χ0n) is 21.5. The summed E-state index contributed by atoms with van der Waals surface area (Å²) in [6.45, 7) is 1.93. The van der Waals surface area contributed by atoms with Crippen molar-refractivity contribution >= 4 is 34.3 Å². The first-order chi connectivity index (χ1) is 18.3. The molecule has 0 amide bonds. The van der Waals surface area contributed by atoms with Crippen LogP contribution in [0.25, 0.3) is 16.6 Å². The molecule has 1 unspecified atom stereocenters. The van der Waals surface area contributed by atoms with E-state index >= 15 is 0 Å². The van der Waals surface area contributed by atoms with Crippen LogP contribution < -0.4 is 18.9 Å². The van der Waals surface area contributed by atoms with Gasteiger partial charge in [-0.1, -0.05) is 18.2 Å². The maximum atomic E-state index is 13.5. The zero-order chi connectivity index (χ0) is 27.0. The molecule has 1 N–H and O–H groups in total. The number of nitrogens with zero attached hydrogens (tertiary/aromatic N) is 2. The molecular weight excluding hydrogens is 508 g/mol. The number of cyclic esters (lactones) is 1. The third-order valence-corrected chi connectivity index (χ3v) is 7.15. The molecule has 5 rings (SSSR count). The van der Waals surface area contributed by atoms with Gasteiger partial charge in [0.2, 0.25) is 5.75 Å². The van der Waals surface area contributed by atoms with E-state index in [-0.39, 0.29) is 17.6 Å². The molecule has 0 bridgehead atoms. The van der Waals surface area contributed by atoms with Crippen LogP contribution in [-0.4, -0.2) is 48.3 Å². The van der Waals surface area contributed by atoms with E-state index in [1.165, 1.54) is 21.3 Å². The third-order valence-electron chi connectivity index (χ3n) is 6.59. The van der Waals surface area contributed by atoms with Crippen LogP contribution in [0, 0.1) is 6.92 Å². The van der Waals surface area contributed by atoms with E-state index in [4.69, 9.17) is 23.7 Å². The lowest BCUT2D eigenvalue weighted by molar-refractivity contribution is -0.185. The zero-order valence-corrected chi connectivity index (χ0v) is 22.3. The van der Waals surface area contributed by atoms with Gasteiger partial charge in [-0.3, -0.25) is 0 Å². The molecule has 196 valence electrons. The van der Waals surface area contributed by atoms with E-state index in [1.807, 2.05) is 25.1 Å². The number of hydrogen-bond acceptors (Lipinski definition) is 10. The number of aromatic nitrogens is 2. The van der Waals surface area contributed by atoms with Gasteiger partial charge in [0.1, 0.15) is 16.8 Å². The Balaban J connectivity index is 1.73. The molecule has 1 aliphatic rings. The maximum absolute atomic E-state index is 13.5. The van der Waals surface area contributed by atoms with Gasteiger partial charge in [0.25, 0.3) is 5.79 Å². The van der Waals surface area contributed by atoms with Crippen LogP contribution in [0.1, 0.15) is 22.3 Å². The summed E-state index contributed by atoms with van der Waals surface area (Å²) in [7, 11) is 6.05. The van der Waals surface area contributed by atoms with Crippen LogP contribution in [0.2, 0.25) is 0 Å². The molecule has 2 heterocycles. The van der Waals surface area contributed by atoms with Crippen molar-refractivity contribution in [3.63, 3.8) is 0 Å². The van der Waals surface area contributed by atoms with Gasteiger partial charge in [-0.05, 0) is 53.9 Å². The van der Waals surface area contributed by atoms with E-state index in [0.29, 0.717) is 33.9 Å². The topological polar surface area (TPSA) is 109 Å². The average molecular weight is 535 g/mol. The highest BCUT2D eigenvalue weighted by Crippen LogP contribution is 2.49.